The van der Waals surface area contributed by atoms with Crippen molar-refractivity contribution in [2.24, 2.45) is 0 Å². The van der Waals surface area contributed by atoms with Gasteiger partial charge in [0.25, 0.3) is 5.69 Å². The minimum Gasteiger partial charge on any atom is -0.457 e. The highest BCUT2D eigenvalue weighted by atomic mass is 35.5. The summed E-state index contributed by atoms with van der Waals surface area (Å²) < 4.78 is 5.62. The van der Waals surface area contributed by atoms with Crippen LogP contribution in [-0.2, 0) is 0 Å². The number of ether oxygens (including phenoxy) is 1. The van der Waals surface area contributed by atoms with Crippen LogP contribution < -0.4 is 4.74 Å². The summed E-state index contributed by atoms with van der Waals surface area (Å²) in [5.41, 5.74) is 0.941. The van der Waals surface area contributed by atoms with Crippen molar-refractivity contribution in [1.82, 2.24) is 0 Å². The fraction of sp³-hybridized carbons (Fsp3) is 0.0769. The molecule has 0 aliphatic heterocycles. The predicted octanol–water partition coefficient (Wildman–Crippen LogP) is 4.35. The number of halogens is 1. The van der Waals surface area contributed by atoms with Crippen LogP contribution in [0.15, 0.2) is 42.5 Å². The third-order valence-electron chi connectivity index (χ3n) is 2.41. The fourth-order valence-corrected chi connectivity index (χ4v) is 1.72. The van der Waals surface area contributed by atoms with E-state index in [2.05, 4.69) is 0 Å². The zero-order valence-electron chi connectivity index (χ0n) is 9.59. The second-order valence-corrected chi connectivity index (χ2v) is 4.20. The molecule has 0 aliphatic rings. The van der Waals surface area contributed by atoms with E-state index in [1.807, 2.05) is 6.92 Å². The topological polar surface area (TPSA) is 52.4 Å². The lowest BCUT2D eigenvalue weighted by Gasteiger charge is -2.08. The first-order valence-electron chi connectivity index (χ1n) is 5.25. The van der Waals surface area contributed by atoms with E-state index < -0.39 is 4.92 Å². The molecule has 0 N–H and O–H groups in total. The van der Waals surface area contributed by atoms with Crippen LogP contribution in [0.3, 0.4) is 0 Å². The summed E-state index contributed by atoms with van der Waals surface area (Å²) in [6.45, 7) is 1.88. The van der Waals surface area contributed by atoms with Crippen molar-refractivity contribution in [1.29, 1.82) is 0 Å². The molecule has 0 aromatic heterocycles. The molecule has 0 saturated heterocycles. The van der Waals surface area contributed by atoms with Crippen LogP contribution in [0, 0.1) is 17.0 Å². The average Bonchev–Trinajstić information content (AvgIpc) is 2.33. The largest absolute Gasteiger partial charge is 0.457 e. The van der Waals surface area contributed by atoms with Gasteiger partial charge >= 0.3 is 0 Å². The molecule has 0 radical (unpaired) electrons. The van der Waals surface area contributed by atoms with Crippen molar-refractivity contribution in [3.63, 3.8) is 0 Å². The third kappa shape index (κ3) is 2.78. The van der Waals surface area contributed by atoms with Gasteiger partial charge in [-0.1, -0.05) is 11.6 Å². The van der Waals surface area contributed by atoms with Crippen LogP contribution >= 0.6 is 11.6 Å². The standard InChI is InChI=1S/C13H10ClNO3/c1-9-8-10(14)2-7-13(9)18-12-5-3-11(4-6-12)15(16)17/h2-8H,1H3. The maximum absolute atomic E-state index is 10.5. The first-order valence-corrected chi connectivity index (χ1v) is 5.62. The molecule has 18 heavy (non-hydrogen) atoms. The van der Waals surface area contributed by atoms with E-state index in [1.165, 1.54) is 12.1 Å². The smallest absolute Gasteiger partial charge is 0.269 e. The minimum absolute atomic E-state index is 0.0372. The number of aryl methyl sites for hydroxylation is 1. The van der Waals surface area contributed by atoms with Gasteiger partial charge in [0.2, 0.25) is 0 Å². The zero-order valence-corrected chi connectivity index (χ0v) is 10.3. The molecule has 5 heteroatoms. The molecular formula is C13H10ClNO3. The van der Waals surface area contributed by atoms with Gasteiger partial charge in [-0.3, -0.25) is 10.1 Å². The summed E-state index contributed by atoms with van der Waals surface area (Å²) in [5.74, 6) is 1.22. The molecule has 2 rings (SSSR count). The van der Waals surface area contributed by atoms with E-state index in [0.29, 0.717) is 16.5 Å². The van der Waals surface area contributed by atoms with Gasteiger partial charge in [-0.2, -0.15) is 0 Å². The number of nitro benzene ring substituents is 1. The fourth-order valence-electron chi connectivity index (χ4n) is 1.49. The van der Waals surface area contributed by atoms with Crippen LogP contribution in [0.2, 0.25) is 5.02 Å². The third-order valence-corrected chi connectivity index (χ3v) is 2.65. The van der Waals surface area contributed by atoms with Crippen LogP contribution in [-0.4, -0.2) is 4.92 Å². The minimum atomic E-state index is -0.447. The molecule has 92 valence electrons. The summed E-state index contributed by atoms with van der Waals surface area (Å²) in [5, 5.41) is 11.2. The number of benzene rings is 2. The molecule has 2 aromatic carbocycles. The number of nitrogens with zero attached hydrogens (tertiary/aromatic N) is 1. The quantitative estimate of drug-likeness (QED) is 0.611. The van der Waals surface area contributed by atoms with E-state index in [0.717, 1.165) is 5.56 Å². The highest BCUT2D eigenvalue weighted by Crippen LogP contribution is 2.28. The second kappa shape index (κ2) is 5.06. The Kier molecular flexibility index (Phi) is 3.48. The van der Waals surface area contributed by atoms with Gasteiger partial charge in [0.05, 0.1) is 4.92 Å². The lowest BCUT2D eigenvalue weighted by Crippen LogP contribution is -1.89. The van der Waals surface area contributed by atoms with E-state index in [4.69, 9.17) is 16.3 Å². The molecule has 0 heterocycles. The normalized spacial score (nSPS) is 10.1. The number of rotatable bonds is 3. The SMILES string of the molecule is Cc1cc(Cl)ccc1Oc1ccc([N+](=O)[O-])cc1. The van der Waals surface area contributed by atoms with Gasteiger partial charge in [-0.05, 0) is 42.8 Å². The second-order valence-electron chi connectivity index (χ2n) is 3.76. The molecule has 0 spiro atoms. The molecule has 2 aromatic rings. The summed E-state index contributed by atoms with van der Waals surface area (Å²) in [6.07, 6.45) is 0. The Balaban J connectivity index is 2.21. The van der Waals surface area contributed by atoms with Gasteiger partial charge in [0.1, 0.15) is 11.5 Å². The first kappa shape index (κ1) is 12.4. The lowest BCUT2D eigenvalue weighted by atomic mass is 10.2. The van der Waals surface area contributed by atoms with Crippen LogP contribution in [0.25, 0.3) is 0 Å². The number of nitro groups is 1. The molecule has 4 nitrogen and oxygen atoms in total. The van der Waals surface area contributed by atoms with Gasteiger partial charge in [0, 0.05) is 17.2 Å². The van der Waals surface area contributed by atoms with Crippen LogP contribution in [0.5, 0.6) is 11.5 Å². The van der Waals surface area contributed by atoms with E-state index in [1.54, 1.807) is 30.3 Å². The highest BCUT2D eigenvalue weighted by molar-refractivity contribution is 6.30. The Morgan fingerprint density at radius 3 is 2.39 bits per heavy atom. The lowest BCUT2D eigenvalue weighted by molar-refractivity contribution is -0.384. The molecule has 0 bridgehead atoms. The Bertz CT molecular complexity index is 581. The molecular weight excluding hydrogens is 254 g/mol. The van der Waals surface area contributed by atoms with Crippen LogP contribution in [0.1, 0.15) is 5.56 Å². The van der Waals surface area contributed by atoms with Crippen molar-refractivity contribution in [3.8, 4) is 11.5 Å². The molecule has 0 atom stereocenters. The van der Waals surface area contributed by atoms with Crippen molar-refractivity contribution in [3.05, 3.63) is 63.2 Å². The monoisotopic (exact) mass is 263 g/mol. The van der Waals surface area contributed by atoms with Gasteiger partial charge < -0.3 is 4.74 Å². The predicted molar refractivity (Wildman–Crippen MR) is 69.4 cm³/mol. The first-order chi connectivity index (χ1) is 8.56. The highest BCUT2D eigenvalue weighted by Gasteiger charge is 2.06. The Morgan fingerprint density at radius 2 is 1.83 bits per heavy atom. The maximum Gasteiger partial charge on any atom is 0.269 e. The number of hydrogen-bond donors (Lipinski definition) is 0. The van der Waals surface area contributed by atoms with Crippen molar-refractivity contribution in [2.75, 3.05) is 0 Å². The average molecular weight is 264 g/mol. The maximum atomic E-state index is 10.5. The van der Waals surface area contributed by atoms with Gasteiger partial charge in [0.15, 0.2) is 0 Å². The van der Waals surface area contributed by atoms with Crippen molar-refractivity contribution >= 4 is 17.3 Å². The molecule has 0 unspecified atom stereocenters. The number of hydrogen-bond acceptors (Lipinski definition) is 3. The molecule has 0 fully saturated rings. The molecule has 0 amide bonds. The molecule has 0 saturated carbocycles. The van der Waals surface area contributed by atoms with Gasteiger partial charge in [-0.15, -0.1) is 0 Å². The Hall–Kier alpha value is -2.07. The van der Waals surface area contributed by atoms with E-state index >= 15 is 0 Å². The van der Waals surface area contributed by atoms with Crippen molar-refractivity contribution in [2.45, 2.75) is 6.92 Å². The zero-order chi connectivity index (χ0) is 13.1. The summed E-state index contributed by atoms with van der Waals surface area (Å²) >= 11 is 5.85. The van der Waals surface area contributed by atoms with E-state index in [-0.39, 0.29) is 5.69 Å². The summed E-state index contributed by atoms with van der Waals surface area (Å²) in [6, 6.07) is 11.2. The number of non-ortho nitro benzene ring substituents is 1. The Morgan fingerprint density at radius 1 is 1.17 bits per heavy atom. The summed E-state index contributed by atoms with van der Waals surface area (Å²) in [4.78, 5) is 10.1. The molecule has 0 aliphatic carbocycles. The van der Waals surface area contributed by atoms with E-state index in [9.17, 15) is 10.1 Å². The van der Waals surface area contributed by atoms with Gasteiger partial charge in [-0.25, -0.2) is 0 Å². The van der Waals surface area contributed by atoms with Crippen molar-refractivity contribution < 1.29 is 9.66 Å². The Labute approximate surface area is 109 Å². The van der Waals surface area contributed by atoms with Crippen LogP contribution in [0.4, 0.5) is 5.69 Å². The summed E-state index contributed by atoms with van der Waals surface area (Å²) in [7, 11) is 0.